The highest BCUT2D eigenvalue weighted by molar-refractivity contribution is 6.00. The molecule has 0 aliphatic heterocycles. The Hall–Kier alpha value is -1.68. The van der Waals surface area contributed by atoms with Crippen LogP contribution in [0.15, 0.2) is 18.2 Å². The van der Waals surface area contributed by atoms with Crippen LogP contribution in [-0.2, 0) is 11.2 Å². The van der Waals surface area contributed by atoms with Crippen LogP contribution >= 0.6 is 0 Å². The zero-order valence-corrected chi connectivity index (χ0v) is 13.7. The summed E-state index contributed by atoms with van der Waals surface area (Å²) >= 11 is 0. The molecule has 2 aliphatic carbocycles. The van der Waals surface area contributed by atoms with Gasteiger partial charge in [-0.25, -0.2) is 0 Å². The molecule has 0 aromatic heterocycles. The number of benzene rings is 1. The van der Waals surface area contributed by atoms with Crippen LogP contribution in [0.3, 0.4) is 0 Å². The standard InChI is InChI=1S/C19H26N2O2/c20-13-19(9-2-1-3-10-19)12-18(23)21-15-8-7-14-5-4-6-17(22)16(14)11-15/h7-8,11H,1-6,9-10,12-13,20H2,(H,21,23). The van der Waals surface area contributed by atoms with Crippen LogP contribution in [0.2, 0.25) is 0 Å². The van der Waals surface area contributed by atoms with Crippen LogP contribution in [0.5, 0.6) is 0 Å². The van der Waals surface area contributed by atoms with Crippen LogP contribution in [0.1, 0.15) is 67.3 Å². The van der Waals surface area contributed by atoms with Crippen molar-refractivity contribution in [2.75, 3.05) is 11.9 Å². The number of carbonyl (C=O) groups is 2. The maximum Gasteiger partial charge on any atom is 0.224 e. The second kappa shape index (κ2) is 6.83. The average Bonchev–Trinajstić information content (AvgIpc) is 2.56. The van der Waals surface area contributed by atoms with Crippen molar-refractivity contribution in [1.29, 1.82) is 0 Å². The molecule has 0 saturated heterocycles. The Kier molecular flexibility index (Phi) is 4.81. The van der Waals surface area contributed by atoms with E-state index < -0.39 is 0 Å². The van der Waals surface area contributed by atoms with Gasteiger partial charge in [-0.3, -0.25) is 9.59 Å². The average molecular weight is 314 g/mol. The number of nitrogens with two attached hydrogens (primary N) is 1. The minimum Gasteiger partial charge on any atom is -0.330 e. The summed E-state index contributed by atoms with van der Waals surface area (Å²) in [5.74, 6) is 0.202. The van der Waals surface area contributed by atoms with Crippen molar-refractivity contribution in [3.05, 3.63) is 29.3 Å². The molecule has 0 atom stereocenters. The van der Waals surface area contributed by atoms with E-state index in [9.17, 15) is 9.59 Å². The smallest absolute Gasteiger partial charge is 0.224 e. The van der Waals surface area contributed by atoms with Gasteiger partial charge in [-0.15, -0.1) is 0 Å². The normalized spacial score (nSPS) is 20.0. The molecule has 3 rings (SSSR count). The summed E-state index contributed by atoms with van der Waals surface area (Å²) in [6, 6.07) is 5.72. The zero-order chi connectivity index (χ0) is 16.3. The van der Waals surface area contributed by atoms with Crippen LogP contribution in [0.4, 0.5) is 5.69 Å². The summed E-state index contributed by atoms with van der Waals surface area (Å²) in [6.45, 7) is 0.573. The van der Waals surface area contributed by atoms with E-state index in [0.717, 1.165) is 55.3 Å². The van der Waals surface area contributed by atoms with Gasteiger partial charge in [-0.05, 0) is 55.3 Å². The molecular weight excluding hydrogens is 288 g/mol. The largest absolute Gasteiger partial charge is 0.330 e. The zero-order valence-electron chi connectivity index (χ0n) is 13.7. The fourth-order valence-electron chi connectivity index (χ4n) is 4.01. The minimum atomic E-state index is -0.0354. The van der Waals surface area contributed by atoms with Crippen molar-refractivity contribution in [2.24, 2.45) is 11.1 Å². The Bertz CT molecular complexity index is 603. The van der Waals surface area contributed by atoms with E-state index >= 15 is 0 Å². The van der Waals surface area contributed by atoms with Gasteiger partial charge >= 0.3 is 0 Å². The highest BCUT2D eigenvalue weighted by Gasteiger charge is 2.33. The van der Waals surface area contributed by atoms with E-state index in [1.807, 2.05) is 18.2 Å². The Morgan fingerprint density at radius 3 is 2.65 bits per heavy atom. The highest BCUT2D eigenvalue weighted by Crippen LogP contribution is 2.38. The van der Waals surface area contributed by atoms with Crippen LogP contribution in [0, 0.1) is 5.41 Å². The molecule has 0 bridgehead atoms. The number of hydrogen-bond acceptors (Lipinski definition) is 3. The summed E-state index contributed by atoms with van der Waals surface area (Å²) in [7, 11) is 0. The molecule has 1 aromatic rings. The van der Waals surface area contributed by atoms with E-state index in [1.165, 1.54) is 6.42 Å². The molecule has 4 heteroatoms. The monoisotopic (exact) mass is 314 g/mol. The van der Waals surface area contributed by atoms with Gasteiger partial charge in [0.05, 0.1) is 0 Å². The lowest BCUT2D eigenvalue weighted by molar-refractivity contribution is -0.118. The number of hydrogen-bond donors (Lipinski definition) is 2. The summed E-state index contributed by atoms with van der Waals surface area (Å²) in [4.78, 5) is 24.5. The molecule has 3 N–H and O–H groups in total. The van der Waals surface area contributed by atoms with Crippen molar-refractivity contribution < 1.29 is 9.59 Å². The molecule has 2 aliphatic rings. The number of fused-ring (bicyclic) bond motifs is 1. The SMILES string of the molecule is NCC1(CC(=O)Nc2ccc3c(c2)C(=O)CCC3)CCCCC1. The van der Waals surface area contributed by atoms with E-state index in [1.54, 1.807) is 0 Å². The number of amides is 1. The topological polar surface area (TPSA) is 72.2 Å². The van der Waals surface area contributed by atoms with E-state index in [2.05, 4.69) is 5.32 Å². The Balaban J connectivity index is 1.68. The lowest BCUT2D eigenvalue weighted by atomic mass is 9.71. The number of ketones is 1. The first-order chi connectivity index (χ1) is 11.1. The van der Waals surface area contributed by atoms with Crippen molar-refractivity contribution in [3.8, 4) is 0 Å². The molecule has 1 saturated carbocycles. The van der Waals surface area contributed by atoms with E-state index in [-0.39, 0.29) is 17.1 Å². The fourth-order valence-corrected chi connectivity index (χ4v) is 4.01. The first-order valence-corrected chi connectivity index (χ1v) is 8.78. The number of nitrogens with one attached hydrogen (secondary N) is 1. The van der Waals surface area contributed by atoms with Crippen molar-refractivity contribution in [3.63, 3.8) is 0 Å². The quantitative estimate of drug-likeness (QED) is 0.894. The molecule has 1 aromatic carbocycles. The molecule has 1 amide bonds. The molecule has 124 valence electrons. The lowest BCUT2D eigenvalue weighted by Gasteiger charge is -2.35. The second-order valence-electron chi connectivity index (χ2n) is 7.14. The third-order valence-corrected chi connectivity index (χ3v) is 5.43. The second-order valence-corrected chi connectivity index (χ2v) is 7.14. The molecule has 0 heterocycles. The van der Waals surface area contributed by atoms with Crippen molar-refractivity contribution in [2.45, 2.75) is 57.8 Å². The van der Waals surface area contributed by atoms with E-state index in [4.69, 9.17) is 5.73 Å². The summed E-state index contributed by atoms with van der Waals surface area (Å²) in [5.41, 5.74) is 8.54. The lowest BCUT2D eigenvalue weighted by Crippen LogP contribution is -2.36. The molecule has 0 radical (unpaired) electrons. The van der Waals surface area contributed by atoms with Gasteiger partial charge in [0.25, 0.3) is 0 Å². The minimum absolute atomic E-state index is 0.0144. The first-order valence-electron chi connectivity index (χ1n) is 8.78. The molecule has 0 unspecified atom stereocenters. The van der Waals surface area contributed by atoms with Crippen LogP contribution < -0.4 is 11.1 Å². The summed E-state index contributed by atoms with van der Waals surface area (Å²) in [6.07, 6.45) is 8.63. The Labute approximate surface area is 137 Å². The number of anilines is 1. The summed E-state index contributed by atoms with van der Waals surface area (Å²) < 4.78 is 0. The third-order valence-electron chi connectivity index (χ3n) is 5.43. The molecule has 4 nitrogen and oxygen atoms in total. The fraction of sp³-hybridized carbons (Fsp3) is 0.579. The maximum atomic E-state index is 12.4. The number of Topliss-reactive ketones (excluding diaryl/α,β-unsaturated/α-hetero) is 1. The summed E-state index contributed by atoms with van der Waals surface area (Å²) in [5, 5.41) is 2.97. The van der Waals surface area contributed by atoms with Crippen LogP contribution in [-0.4, -0.2) is 18.2 Å². The van der Waals surface area contributed by atoms with Gasteiger partial charge in [0.2, 0.25) is 5.91 Å². The molecule has 0 spiro atoms. The first kappa shape index (κ1) is 16.2. The number of rotatable bonds is 4. The Morgan fingerprint density at radius 2 is 1.91 bits per heavy atom. The Morgan fingerprint density at radius 1 is 1.13 bits per heavy atom. The highest BCUT2D eigenvalue weighted by atomic mass is 16.1. The maximum absolute atomic E-state index is 12.4. The molecule has 1 fully saturated rings. The van der Waals surface area contributed by atoms with E-state index in [0.29, 0.717) is 19.4 Å². The number of carbonyl (C=O) groups excluding carboxylic acids is 2. The number of aryl methyl sites for hydroxylation is 1. The predicted molar refractivity (Wildman–Crippen MR) is 91.5 cm³/mol. The van der Waals surface area contributed by atoms with Gasteiger partial charge < -0.3 is 11.1 Å². The van der Waals surface area contributed by atoms with Gasteiger partial charge in [0.1, 0.15) is 0 Å². The molecule has 23 heavy (non-hydrogen) atoms. The van der Waals surface area contributed by atoms with Gasteiger partial charge in [-0.1, -0.05) is 25.3 Å². The van der Waals surface area contributed by atoms with Gasteiger partial charge in [-0.2, -0.15) is 0 Å². The third kappa shape index (κ3) is 3.63. The predicted octanol–water partition coefficient (Wildman–Crippen LogP) is 3.44. The van der Waals surface area contributed by atoms with Crippen molar-refractivity contribution in [1.82, 2.24) is 0 Å². The van der Waals surface area contributed by atoms with Gasteiger partial charge in [0.15, 0.2) is 5.78 Å². The molecular formula is C19H26N2O2. The van der Waals surface area contributed by atoms with Crippen LogP contribution in [0.25, 0.3) is 0 Å². The van der Waals surface area contributed by atoms with Crippen molar-refractivity contribution >= 4 is 17.4 Å². The van der Waals surface area contributed by atoms with Gasteiger partial charge in [0, 0.05) is 24.1 Å².